The van der Waals surface area contributed by atoms with Gasteiger partial charge in [0.15, 0.2) is 0 Å². The lowest BCUT2D eigenvalue weighted by Gasteiger charge is -2.20. The van der Waals surface area contributed by atoms with E-state index in [9.17, 15) is 4.39 Å². The number of hydrogen-bond acceptors (Lipinski definition) is 1. The van der Waals surface area contributed by atoms with Crippen LogP contribution in [0.4, 0.5) is 4.39 Å². The van der Waals surface area contributed by atoms with Gasteiger partial charge in [0.05, 0.1) is 0 Å². The second-order valence-electron chi connectivity index (χ2n) is 4.99. The molecule has 1 N–H and O–H groups in total. The maximum atomic E-state index is 14.0. The fourth-order valence-corrected chi connectivity index (χ4v) is 2.58. The van der Waals surface area contributed by atoms with Crippen LogP contribution in [0.5, 0.6) is 0 Å². The molecular formula is C16H25ClFN. The molecule has 0 fully saturated rings. The number of rotatable bonds is 9. The highest BCUT2D eigenvalue weighted by atomic mass is 35.5. The Morgan fingerprint density at radius 1 is 1.16 bits per heavy atom. The van der Waals surface area contributed by atoms with E-state index in [1.165, 1.54) is 25.3 Å². The van der Waals surface area contributed by atoms with E-state index < -0.39 is 0 Å². The summed E-state index contributed by atoms with van der Waals surface area (Å²) in [7, 11) is 0. The van der Waals surface area contributed by atoms with Crippen molar-refractivity contribution in [3.63, 3.8) is 0 Å². The quantitative estimate of drug-likeness (QED) is 0.592. The van der Waals surface area contributed by atoms with Crippen LogP contribution >= 0.6 is 11.6 Å². The zero-order valence-corrected chi connectivity index (χ0v) is 12.8. The molecule has 0 aliphatic heterocycles. The second kappa shape index (κ2) is 9.33. The molecule has 0 aliphatic rings. The molecule has 1 nitrogen and oxygen atoms in total. The van der Waals surface area contributed by atoms with Crippen LogP contribution in [0.2, 0.25) is 5.02 Å². The first kappa shape index (κ1) is 16.5. The van der Waals surface area contributed by atoms with Gasteiger partial charge < -0.3 is 5.32 Å². The number of hydrogen-bond donors (Lipinski definition) is 1. The first-order chi connectivity index (χ1) is 9.20. The van der Waals surface area contributed by atoms with Crippen molar-refractivity contribution < 1.29 is 4.39 Å². The van der Waals surface area contributed by atoms with Crippen LogP contribution in [0.25, 0.3) is 0 Å². The Bertz CT molecular complexity index is 348. The Kier molecular flexibility index (Phi) is 8.08. The molecule has 108 valence electrons. The van der Waals surface area contributed by atoms with Crippen LogP contribution in [-0.4, -0.2) is 6.54 Å². The van der Waals surface area contributed by atoms with Crippen molar-refractivity contribution in [2.24, 2.45) is 0 Å². The molecule has 0 bridgehead atoms. The fourth-order valence-electron chi connectivity index (χ4n) is 2.29. The lowest BCUT2D eigenvalue weighted by molar-refractivity contribution is 0.452. The van der Waals surface area contributed by atoms with Crippen LogP contribution in [0.15, 0.2) is 18.2 Å². The zero-order chi connectivity index (χ0) is 14.1. The van der Waals surface area contributed by atoms with Crippen LogP contribution in [0, 0.1) is 5.82 Å². The van der Waals surface area contributed by atoms with Crippen LogP contribution in [0.3, 0.4) is 0 Å². The highest BCUT2D eigenvalue weighted by Gasteiger charge is 2.17. The van der Waals surface area contributed by atoms with Crippen molar-refractivity contribution in [3.05, 3.63) is 34.6 Å². The molecule has 0 aromatic heterocycles. The summed E-state index contributed by atoms with van der Waals surface area (Å²) >= 11 is 6.16. The molecule has 0 amide bonds. The largest absolute Gasteiger partial charge is 0.310 e. The van der Waals surface area contributed by atoms with E-state index in [2.05, 4.69) is 19.2 Å². The minimum absolute atomic E-state index is 0.0329. The van der Waals surface area contributed by atoms with Gasteiger partial charge in [0.25, 0.3) is 0 Å². The average molecular weight is 286 g/mol. The molecule has 0 spiro atoms. The van der Waals surface area contributed by atoms with Crippen molar-refractivity contribution in [1.82, 2.24) is 5.32 Å². The standard InChI is InChI=1S/C16H25ClFN/c1-3-5-6-7-11-15(19-12-4-2)16-13(17)9-8-10-14(16)18/h8-10,15,19H,3-7,11-12H2,1-2H3. The molecule has 1 unspecified atom stereocenters. The summed E-state index contributed by atoms with van der Waals surface area (Å²) < 4.78 is 14.0. The van der Waals surface area contributed by atoms with Gasteiger partial charge in [0, 0.05) is 16.6 Å². The Balaban J connectivity index is 2.71. The molecule has 0 saturated carbocycles. The molecule has 3 heteroatoms. The van der Waals surface area contributed by atoms with Gasteiger partial charge in [-0.15, -0.1) is 0 Å². The summed E-state index contributed by atoms with van der Waals surface area (Å²) in [5, 5.41) is 3.95. The van der Waals surface area contributed by atoms with Gasteiger partial charge in [0.2, 0.25) is 0 Å². The summed E-state index contributed by atoms with van der Waals surface area (Å²) in [6, 6.07) is 4.96. The topological polar surface area (TPSA) is 12.0 Å². The second-order valence-corrected chi connectivity index (χ2v) is 5.40. The van der Waals surface area contributed by atoms with Crippen molar-refractivity contribution in [3.8, 4) is 0 Å². The molecule has 0 aliphatic carbocycles. The molecule has 1 aromatic carbocycles. The number of nitrogens with one attached hydrogen (secondary N) is 1. The minimum atomic E-state index is -0.198. The Labute approximate surface area is 121 Å². The monoisotopic (exact) mass is 285 g/mol. The smallest absolute Gasteiger partial charge is 0.129 e. The summed E-state index contributed by atoms with van der Waals surface area (Å²) in [4.78, 5) is 0. The predicted octanol–water partition coefficient (Wildman–Crippen LogP) is 5.49. The Morgan fingerprint density at radius 3 is 2.58 bits per heavy atom. The Morgan fingerprint density at radius 2 is 1.95 bits per heavy atom. The number of benzene rings is 1. The van der Waals surface area contributed by atoms with E-state index in [4.69, 9.17) is 11.6 Å². The number of unbranched alkanes of at least 4 members (excludes halogenated alkanes) is 3. The average Bonchev–Trinajstić information content (AvgIpc) is 2.39. The number of halogens is 2. The van der Waals surface area contributed by atoms with Crippen LogP contribution in [-0.2, 0) is 0 Å². The van der Waals surface area contributed by atoms with E-state index >= 15 is 0 Å². The molecule has 1 aromatic rings. The highest BCUT2D eigenvalue weighted by molar-refractivity contribution is 6.31. The summed E-state index contributed by atoms with van der Waals surface area (Å²) in [5.41, 5.74) is 0.633. The third kappa shape index (κ3) is 5.50. The third-order valence-corrected chi connectivity index (χ3v) is 3.66. The summed E-state index contributed by atoms with van der Waals surface area (Å²) in [5.74, 6) is -0.198. The normalized spacial score (nSPS) is 12.6. The van der Waals surface area contributed by atoms with Crippen LogP contribution in [0.1, 0.15) is 64.0 Å². The molecule has 0 heterocycles. The molecule has 0 saturated heterocycles. The van der Waals surface area contributed by atoms with E-state index in [0.29, 0.717) is 10.6 Å². The van der Waals surface area contributed by atoms with Gasteiger partial charge in [-0.3, -0.25) is 0 Å². The maximum Gasteiger partial charge on any atom is 0.129 e. The van der Waals surface area contributed by atoms with Crippen molar-refractivity contribution >= 4 is 11.6 Å². The van der Waals surface area contributed by atoms with E-state index in [-0.39, 0.29) is 11.9 Å². The zero-order valence-electron chi connectivity index (χ0n) is 12.0. The first-order valence-corrected chi connectivity index (χ1v) is 7.75. The van der Waals surface area contributed by atoms with Gasteiger partial charge in [0.1, 0.15) is 5.82 Å². The predicted molar refractivity (Wildman–Crippen MR) is 81.2 cm³/mol. The molecular weight excluding hydrogens is 261 g/mol. The van der Waals surface area contributed by atoms with E-state index in [1.807, 2.05) is 0 Å². The summed E-state index contributed by atoms with van der Waals surface area (Å²) in [6.07, 6.45) is 6.75. The van der Waals surface area contributed by atoms with Gasteiger partial charge in [-0.2, -0.15) is 0 Å². The van der Waals surface area contributed by atoms with Gasteiger partial charge in [-0.05, 0) is 31.5 Å². The maximum absolute atomic E-state index is 14.0. The van der Waals surface area contributed by atoms with Gasteiger partial charge in [-0.1, -0.05) is 57.2 Å². The van der Waals surface area contributed by atoms with E-state index in [1.54, 1.807) is 12.1 Å². The first-order valence-electron chi connectivity index (χ1n) is 7.38. The summed E-state index contributed by atoms with van der Waals surface area (Å²) in [6.45, 7) is 5.20. The Hall–Kier alpha value is -0.600. The van der Waals surface area contributed by atoms with Gasteiger partial charge >= 0.3 is 0 Å². The molecule has 1 rings (SSSR count). The molecule has 0 radical (unpaired) electrons. The van der Waals surface area contributed by atoms with Gasteiger partial charge in [-0.25, -0.2) is 4.39 Å². The van der Waals surface area contributed by atoms with Crippen molar-refractivity contribution in [2.45, 2.75) is 58.4 Å². The van der Waals surface area contributed by atoms with Crippen LogP contribution < -0.4 is 5.32 Å². The lowest BCUT2D eigenvalue weighted by Crippen LogP contribution is -2.23. The molecule has 1 atom stereocenters. The van der Waals surface area contributed by atoms with Crippen molar-refractivity contribution in [2.75, 3.05) is 6.54 Å². The lowest BCUT2D eigenvalue weighted by atomic mass is 9.99. The SMILES string of the molecule is CCCCCCC(NCCC)c1c(F)cccc1Cl. The third-order valence-electron chi connectivity index (χ3n) is 3.34. The van der Waals surface area contributed by atoms with Crippen molar-refractivity contribution in [1.29, 1.82) is 0 Å². The fraction of sp³-hybridized carbons (Fsp3) is 0.625. The van der Waals surface area contributed by atoms with E-state index in [0.717, 1.165) is 25.8 Å². The highest BCUT2D eigenvalue weighted by Crippen LogP contribution is 2.29. The minimum Gasteiger partial charge on any atom is -0.310 e. The molecule has 19 heavy (non-hydrogen) atoms.